The number of furan rings is 1. The van der Waals surface area contributed by atoms with Gasteiger partial charge in [-0.3, -0.25) is 4.79 Å². The zero-order valence-electron chi connectivity index (χ0n) is 17.0. The van der Waals surface area contributed by atoms with Gasteiger partial charge in [-0.25, -0.2) is 0 Å². The summed E-state index contributed by atoms with van der Waals surface area (Å²) in [5.41, 5.74) is 2.60. The molecule has 0 saturated carbocycles. The quantitative estimate of drug-likeness (QED) is 0.334. The minimum Gasteiger partial charge on any atom is -0.486 e. The molecule has 0 spiro atoms. The van der Waals surface area contributed by atoms with Crippen LogP contribution in [0.15, 0.2) is 71.1 Å². The number of ether oxygens (including phenoxy) is 2. The SMILES string of the molecule is CC(C)(F)Oc1ccc(CCC(=O)COc2ccc3oc4ccccc4c3c2)cc1.[HH]. The molecule has 0 atom stereocenters. The van der Waals surface area contributed by atoms with E-state index in [0.717, 1.165) is 27.5 Å². The zero-order chi connectivity index (χ0) is 21.1. The number of carbonyl (C=O) groups excluding carboxylic acids is 1. The van der Waals surface area contributed by atoms with E-state index in [9.17, 15) is 9.18 Å². The van der Waals surface area contributed by atoms with E-state index < -0.39 is 5.85 Å². The van der Waals surface area contributed by atoms with Crippen LogP contribution in [0.1, 0.15) is 27.3 Å². The Labute approximate surface area is 175 Å². The lowest BCUT2D eigenvalue weighted by atomic mass is 10.1. The van der Waals surface area contributed by atoms with Crippen LogP contribution in [0.25, 0.3) is 21.9 Å². The van der Waals surface area contributed by atoms with Gasteiger partial charge >= 0.3 is 0 Å². The fraction of sp³-hybridized carbons (Fsp3) is 0.240. The summed E-state index contributed by atoms with van der Waals surface area (Å²) in [4.78, 5) is 12.3. The van der Waals surface area contributed by atoms with Crippen molar-refractivity contribution in [2.45, 2.75) is 32.5 Å². The van der Waals surface area contributed by atoms with Crippen molar-refractivity contribution in [2.24, 2.45) is 0 Å². The van der Waals surface area contributed by atoms with Gasteiger partial charge in [-0.2, -0.15) is 4.39 Å². The number of para-hydroxylation sites is 1. The lowest BCUT2D eigenvalue weighted by Gasteiger charge is -2.17. The first-order valence-electron chi connectivity index (χ1n) is 9.90. The van der Waals surface area contributed by atoms with E-state index in [1.807, 2.05) is 54.6 Å². The van der Waals surface area contributed by atoms with E-state index >= 15 is 0 Å². The number of carbonyl (C=O) groups is 1. The van der Waals surface area contributed by atoms with Crippen molar-refractivity contribution in [3.8, 4) is 11.5 Å². The normalized spacial score (nSPS) is 11.7. The van der Waals surface area contributed by atoms with Crippen LogP contribution in [-0.2, 0) is 11.2 Å². The Morgan fingerprint density at radius 1 is 0.967 bits per heavy atom. The number of fused-ring (bicyclic) bond motifs is 3. The molecule has 4 aromatic rings. The van der Waals surface area contributed by atoms with Crippen molar-refractivity contribution in [1.29, 1.82) is 0 Å². The Bertz CT molecular complexity index is 1180. The molecule has 30 heavy (non-hydrogen) atoms. The number of halogens is 1. The minimum atomic E-state index is -1.72. The Kier molecular flexibility index (Phi) is 5.44. The van der Waals surface area contributed by atoms with Crippen molar-refractivity contribution in [3.63, 3.8) is 0 Å². The number of ketones is 1. The molecular weight excluding hydrogens is 383 g/mol. The number of benzene rings is 3. The van der Waals surface area contributed by atoms with Gasteiger partial charge in [-0.05, 0) is 48.4 Å². The van der Waals surface area contributed by atoms with Crippen molar-refractivity contribution in [3.05, 3.63) is 72.3 Å². The molecule has 1 heterocycles. The molecule has 0 unspecified atom stereocenters. The van der Waals surface area contributed by atoms with Crippen molar-refractivity contribution in [1.82, 2.24) is 0 Å². The summed E-state index contributed by atoms with van der Waals surface area (Å²) in [6, 6.07) is 20.5. The van der Waals surface area contributed by atoms with Gasteiger partial charge in [0, 0.05) is 32.5 Å². The van der Waals surface area contributed by atoms with Crippen molar-refractivity contribution >= 4 is 27.7 Å². The third kappa shape index (κ3) is 4.79. The Hall–Kier alpha value is -3.34. The molecular formula is C25H25FO4. The molecule has 0 aliphatic heterocycles. The maximum atomic E-state index is 13.5. The molecule has 0 N–H and O–H groups in total. The van der Waals surface area contributed by atoms with E-state index in [2.05, 4.69) is 0 Å². The topological polar surface area (TPSA) is 48.7 Å². The third-order valence-corrected chi connectivity index (χ3v) is 4.72. The Morgan fingerprint density at radius 2 is 1.67 bits per heavy atom. The van der Waals surface area contributed by atoms with Gasteiger partial charge in [0.15, 0.2) is 5.78 Å². The first-order valence-corrected chi connectivity index (χ1v) is 9.90. The standard InChI is InChI=1S/C25H23FO4.H2/c1-25(2,26)30-19-11-8-17(9-12-19)7-10-18(27)16-28-20-13-14-24-22(15-20)21-5-3-4-6-23(21)29-24;/h3-6,8-9,11-15H,7,10,16H2,1-2H3;1H. The van der Waals surface area contributed by atoms with Crippen LogP contribution >= 0.6 is 0 Å². The second-order valence-corrected chi connectivity index (χ2v) is 7.69. The maximum Gasteiger partial charge on any atom is 0.242 e. The first kappa shape index (κ1) is 20.0. The molecule has 4 rings (SSSR count). The smallest absolute Gasteiger partial charge is 0.242 e. The first-order chi connectivity index (χ1) is 14.4. The van der Waals surface area contributed by atoms with Crippen LogP contribution in [0, 0.1) is 0 Å². The monoisotopic (exact) mass is 408 g/mol. The minimum absolute atomic E-state index is 0. The second kappa shape index (κ2) is 8.19. The van der Waals surface area contributed by atoms with Crippen LogP contribution < -0.4 is 9.47 Å². The average Bonchev–Trinajstić information content (AvgIpc) is 3.08. The highest BCUT2D eigenvalue weighted by Gasteiger charge is 2.16. The average molecular weight is 408 g/mol. The second-order valence-electron chi connectivity index (χ2n) is 7.69. The fourth-order valence-electron chi connectivity index (χ4n) is 3.32. The van der Waals surface area contributed by atoms with Crippen molar-refractivity contribution < 1.29 is 24.5 Å². The van der Waals surface area contributed by atoms with Gasteiger partial charge in [0.2, 0.25) is 5.85 Å². The largest absolute Gasteiger partial charge is 0.486 e. The molecule has 0 saturated heterocycles. The molecule has 5 heteroatoms. The number of hydrogen-bond acceptors (Lipinski definition) is 4. The fourth-order valence-corrected chi connectivity index (χ4v) is 3.32. The number of aryl methyl sites for hydroxylation is 1. The van der Waals surface area contributed by atoms with E-state index in [1.165, 1.54) is 13.8 Å². The summed E-state index contributed by atoms with van der Waals surface area (Å²) in [6.45, 7) is 2.72. The van der Waals surface area contributed by atoms with Gasteiger partial charge in [0.1, 0.15) is 29.3 Å². The molecule has 0 aliphatic rings. The molecule has 0 fully saturated rings. The third-order valence-electron chi connectivity index (χ3n) is 4.72. The van der Waals surface area contributed by atoms with E-state index in [-0.39, 0.29) is 13.8 Å². The van der Waals surface area contributed by atoms with Crippen molar-refractivity contribution in [2.75, 3.05) is 6.61 Å². The molecule has 1 aromatic heterocycles. The van der Waals surface area contributed by atoms with E-state index in [0.29, 0.717) is 24.3 Å². The highest BCUT2D eigenvalue weighted by Crippen LogP contribution is 2.31. The van der Waals surface area contributed by atoms with Crippen LogP contribution in [0.2, 0.25) is 0 Å². The van der Waals surface area contributed by atoms with Crippen LogP contribution in [0.3, 0.4) is 0 Å². The summed E-state index contributed by atoms with van der Waals surface area (Å²) in [7, 11) is 0. The van der Waals surface area contributed by atoms with E-state index in [4.69, 9.17) is 13.9 Å². The Balaban J connectivity index is 0.00000272. The lowest BCUT2D eigenvalue weighted by Crippen LogP contribution is -2.20. The maximum absolute atomic E-state index is 13.5. The summed E-state index contributed by atoms with van der Waals surface area (Å²) < 4.78 is 30.2. The predicted octanol–water partition coefficient (Wildman–Crippen LogP) is 6.50. The van der Waals surface area contributed by atoms with Gasteiger partial charge in [0.25, 0.3) is 0 Å². The molecule has 4 nitrogen and oxygen atoms in total. The zero-order valence-corrected chi connectivity index (χ0v) is 17.0. The summed E-state index contributed by atoms with van der Waals surface area (Å²) in [5, 5.41) is 1.99. The summed E-state index contributed by atoms with van der Waals surface area (Å²) in [6.07, 6.45) is 0.957. The van der Waals surface area contributed by atoms with Gasteiger partial charge < -0.3 is 13.9 Å². The number of hydrogen-bond donors (Lipinski definition) is 0. The highest BCUT2D eigenvalue weighted by atomic mass is 19.2. The Morgan fingerprint density at radius 3 is 2.43 bits per heavy atom. The lowest BCUT2D eigenvalue weighted by molar-refractivity contribution is -0.121. The molecule has 0 radical (unpaired) electrons. The van der Waals surface area contributed by atoms with Gasteiger partial charge in [-0.15, -0.1) is 0 Å². The van der Waals surface area contributed by atoms with Gasteiger partial charge in [-0.1, -0.05) is 30.3 Å². The number of alkyl halides is 1. The summed E-state index contributed by atoms with van der Waals surface area (Å²) >= 11 is 0. The molecule has 0 bridgehead atoms. The molecule has 0 aliphatic carbocycles. The summed E-state index contributed by atoms with van der Waals surface area (Å²) in [5.74, 6) is -0.612. The van der Waals surface area contributed by atoms with Crippen LogP contribution in [0.5, 0.6) is 11.5 Å². The number of rotatable bonds is 8. The van der Waals surface area contributed by atoms with E-state index in [1.54, 1.807) is 12.1 Å². The predicted molar refractivity (Wildman–Crippen MR) is 117 cm³/mol. The molecule has 0 amide bonds. The van der Waals surface area contributed by atoms with Gasteiger partial charge in [0.05, 0.1) is 0 Å². The number of Topliss-reactive ketones (excluding diaryl/α,β-unsaturated/α-hetero) is 1. The van der Waals surface area contributed by atoms with Crippen LogP contribution in [-0.4, -0.2) is 18.2 Å². The molecule has 156 valence electrons. The van der Waals surface area contributed by atoms with Crippen LogP contribution in [0.4, 0.5) is 4.39 Å². The highest BCUT2D eigenvalue weighted by molar-refractivity contribution is 6.05. The molecule has 3 aromatic carbocycles.